The molecule has 0 unspecified atom stereocenters. The summed E-state index contributed by atoms with van der Waals surface area (Å²) in [6, 6.07) is 3.91. The number of hydrogen-bond acceptors (Lipinski definition) is 5. The van der Waals surface area contributed by atoms with Gasteiger partial charge < -0.3 is 9.80 Å². The van der Waals surface area contributed by atoms with Crippen molar-refractivity contribution in [2.75, 3.05) is 24.7 Å². The minimum absolute atomic E-state index is 0.00737. The number of nitrogens with zero attached hydrogens (tertiary/aromatic N) is 3. The summed E-state index contributed by atoms with van der Waals surface area (Å²) >= 11 is 1.56. The van der Waals surface area contributed by atoms with Crippen LogP contribution in [0.4, 0.5) is 5.69 Å². The Hall–Kier alpha value is -2.09. The predicted molar refractivity (Wildman–Crippen MR) is 90.9 cm³/mol. The number of nitro groups is 1. The number of hydrogen-bond donors (Lipinski definition) is 0. The molecule has 24 heavy (non-hydrogen) atoms. The molecule has 128 valence electrons. The maximum absolute atomic E-state index is 12.8. The molecule has 1 aromatic carbocycles. The van der Waals surface area contributed by atoms with Crippen molar-refractivity contribution >= 4 is 29.3 Å². The molecule has 1 atom stereocenters. The Kier molecular flexibility index (Phi) is 4.75. The number of nitro benzene ring substituents is 1. The van der Waals surface area contributed by atoms with Crippen LogP contribution in [0.25, 0.3) is 0 Å². The van der Waals surface area contributed by atoms with Crippen LogP contribution < -0.4 is 0 Å². The van der Waals surface area contributed by atoms with Crippen LogP contribution in [0.2, 0.25) is 0 Å². The smallest absolute Gasteiger partial charge is 0.272 e. The van der Waals surface area contributed by atoms with Gasteiger partial charge in [0.2, 0.25) is 5.91 Å². The molecule has 0 saturated carbocycles. The Labute approximate surface area is 144 Å². The van der Waals surface area contributed by atoms with Crippen molar-refractivity contribution in [1.29, 1.82) is 0 Å². The highest BCUT2D eigenvalue weighted by atomic mass is 32.2. The Morgan fingerprint density at radius 1 is 1.29 bits per heavy atom. The third-order valence-electron chi connectivity index (χ3n) is 4.49. The van der Waals surface area contributed by atoms with E-state index in [9.17, 15) is 19.7 Å². The lowest BCUT2D eigenvalue weighted by atomic mass is 10.1. The number of thioether (sulfide) groups is 1. The quantitative estimate of drug-likeness (QED) is 0.616. The van der Waals surface area contributed by atoms with Gasteiger partial charge in [-0.25, -0.2) is 0 Å². The van der Waals surface area contributed by atoms with E-state index in [-0.39, 0.29) is 17.5 Å². The summed E-state index contributed by atoms with van der Waals surface area (Å²) in [4.78, 5) is 39.3. The average Bonchev–Trinajstić information content (AvgIpc) is 3.24. The van der Waals surface area contributed by atoms with Crippen LogP contribution in [-0.4, -0.2) is 57.3 Å². The van der Waals surface area contributed by atoms with E-state index < -0.39 is 11.0 Å². The maximum Gasteiger partial charge on any atom is 0.272 e. The Bertz CT molecular complexity index is 688. The Morgan fingerprint density at radius 3 is 2.62 bits per heavy atom. The van der Waals surface area contributed by atoms with Crippen molar-refractivity contribution in [3.05, 3.63) is 39.4 Å². The van der Waals surface area contributed by atoms with Gasteiger partial charge in [0.25, 0.3) is 11.6 Å². The van der Waals surface area contributed by atoms with E-state index >= 15 is 0 Å². The van der Waals surface area contributed by atoms with Crippen LogP contribution in [0.5, 0.6) is 0 Å². The molecule has 2 saturated heterocycles. The van der Waals surface area contributed by atoms with Crippen molar-refractivity contribution in [3.63, 3.8) is 0 Å². The molecular weight excluding hydrogens is 330 g/mol. The van der Waals surface area contributed by atoms with Crippen molar-refractivity contribution in [3.8, 4) is 0 Å². The first-order chi connectivity index (χ1) is 11.5. The second kappa shape index (κ2) is 6.80. The van der Waals surface area contributed by atoms with Crippen LogP contribution in [-0.2, 0) is 4.79 Å². The normalized spacial score (nSPS) is 20.5. The lowest BCUT2D eigenvalue weighted by Gasteiger charge is -2.27. The fourth-order valence-electron chi connectivity index (χ4n) is 3.15. The number of carbonyl (C=O) groups excluding carboxylic acids is 2. The Morgan fingerprint density at radius 2 is 2.00 bits per heavy atom. The van der Waals surface area contributed by atoms with Gasteiger partial charge in [-0.15, -0.1) is 11.8 Å². The molecule has 3 rings (SSSR count). The SMILES string of the molecule is Cc1cc(C(=O)N2CSC[C@@H]2C(=O)N2CCCC2)ccc1[N+](=O)[O-]. The molecule has 2 fully saturated rings. The molecule has 0 radical (unpaired) electrons. The zero-order valence-electron chi connectivity index (χ0n) is 13.4. The van der Waals surface area contributed by atoms with E-state index in [1.807, 2.05) is 4.90 Å². The van der Waals surface area contributed by atoms with Crippen molar-refractivity contribution in [1.82, 2.24) is 9.80 Å². The zero-order chi connectivity index (χ0) is 17.3. The van der Waals surface area contributed by atoms with Crippen molar-refractivity contribution in [2.45, 2.75) is 25.8 Å². The van der Waals surface area contributed by atoms with Crippen LogP contribution in [0, 0.1) is 17.0 Å². The molecule has 0 spiro atoms. The molecule has 2 aliphatic heterocycles. The number of rotatable bonds is 3. The van der Waals surface area contributed by atoms with Crippen LogP contribution in [0.15, 0.2) is 18.2 Å². The molecule has 0 aliphatic carbocycles. The average molecular weight is 349 g/mol. The summed E-state index contributed by atoms with van der Waals surface area (Å²) in [5, 5.41) is 10.9. The largest absolute Gasteiger partial charge is 0.341 e. The lowest BCUT2D eigenvalue weighted by Crippen LogP contribution is -2.48. The van der Waals surface area contributed by atoms with Gasteiger partial charge >= 0.3 is 0 Å². The van der Waals surface area contributed by atoms with Gasteiger partial charge in [-0.2, -0.15) is 0 Å². The van der Waals surface area contributed by atoms with Gasteiger partial charge in [0.15, 0.2) is 0 Å². The van der Waals surface area contributed by atoms with Gasteiger partial charge in [0.1, 0.15) is 6.04 Å². The van der Waals surface area contributed by atoms with E-state index in [2.05, 4.69) is 0 Å². The highest BCUT2D eigenvalue weighted by molar-refractivity contribution is 7.99. The van der Waals surface area contributed by atoms with Crippen molar-refractivity contribution in [2.24, 2.45) is 0 Å². The summed E-state index contributed by atoms with van der Waals surface area (Å²) < 4.78 is 0. The van der Waals surface area contributed by atoms with Crippen LogP contribution >= 0.6 is 11.8 Å². The van der Waals surface area contributed by atoms with Crippen LogP contribution in [0.3, 0.4) is 0 Å². The zero-order valence-corrected chi connectivity index (χ0v) is 14.3. The maximum atomic E-state index is 12.8. The molecule has 0 bridgehead atoms. The van der Waals surface area contributed by atoms with Gasteiger partial charge in [-0.1, -0.05) is 0 Å². The molecule has 7 nitrogen and oxygen atoms in total. The monoisotopic (exact) mass is 349 g/mol. The molecule has 0 N–H and O–H groups in total. The van der Waals surface area contributed by atoms with E-state index in [1.165, 1.54) is 18.2 Å². The molecule has 2 heterocycles. The highest BCUT2D eigenvalue weighted by Crippen LogP contribution is 2.27. The third kappa shape index (κ3) is 3.10. The number of amides is 2. The summed E-state index contributed by atoms with van der Waals surface area (Å²) in [6.45, 7) is 3.14. The lowest BCUT2D eigenvalue weighted by molar-refractivity contribution is -0.385. The predicted octanol–water partition coefficient (Wildman–Crippen LogP) is 2.04. The van der Waals surface area contributed by atoms with E-state index in [0.717, 1.165) is 25.9 Å². The second-order valence-corrected chi connectivity index (χ2v) is 7.08. The Balaban J connectivity index is 1.79. The molecule has 2 aliphatic rings. The standard InChI is InChI=1S/C16H19N3O4S/c1-11-8-12(4-5-13(11)19(22)23)15(20)18-10-24-9-14(18)16(21)17-6-2-3-7-17/h4-5,8,14H,2-3,6-7,9-10H2,1H3/t14-/m1/s1. The molecule has 1 aromatic rings. The highest BCUT2D eigenvalue weighted by Gasteiger charge is 2.38. The van der Waals surface area contributed by atoms with Gasteiger partial charge in [0, 0.05) is 36.0 Å². The second-order valence-electron chi connectivity index (χ2n) is 6.08. The van der Waals surface area contributed by atoms with Gasteiger partial charge in [0.05, 0.1) is 10.8 Å². The summed E-state index contributed by atoms with van der Waals surface area (Å²) in [7, 11) is 0. The van der Waals surface area contributed by atoms with E-state index in [4.69, 9.17) is 0 Å². The fraction of sp³-hybridized carbons (Fsp3) is 0.500. The number of aryl methyl sites for hydroxylation is 1. The van der Waals surface area contributed by atoms with Crippen molar-refractivity contribution < 1.29 is 14.5 Å². The van der Waals surface area contributed by atoms with E-state index in [0.29, 0.717) is 22.8 Å². The topological polar surface area (TPSA) is 83.8 Å². The number of benzene rings is 1. The first-order valence-corrected chi connectivity index (χ1v) is 9.07. The van der Waals surface area contributed by atoms with Gasteiger partial charge in [-0.3, -0.25) is 19.7 Å². The summed E-state index contributed by atoms with van der Waals surface area (Å²) in [5.74, 6) is 0.853. The van der Waals surface area contributed by atoms with E-state index in [1.54, 1.807) is 23.6 Å². The summed E-state index contributed by atoms with van der Waals surface area (Å²) in [5.41, 5.74) is 0.826. The molecule has 2 amide bonds. The first-order valence-electron chi connectivity index (χ1n) is 7.91. The number of likely N-dealkylation sites (tertiary alicyclic amines) is 1. The third-order valence-corrected chi connectivity index (χ3v) is 5.50. The van der Waals surface area contributed by atoms with Crippen LogP contribution in [0.1, 0.15) is 28.8 Å². The first kappa shape index (κ1) is 16.8. The molecule has 8 heteroatoms. The minimum atomic E-state index is -0.463. The summed E-state index contributed by atoms with van der Waals surface area (Å²) in [6.07, 6.45) is 2.03. The van der Waals surface area contributed by atoms with Gasteiger partial charge in [-0.05, 0) is 31.9 Å². The molecule has 0 aromatic heterocycles. The minimum Gasteiger partial charge on any atom is -0.341 e. The number of carbonyl (C=O) groups is 2. The fourth-order valence-corrected chi connectivity index (χ4v) is 4.30. The molecular formula is C16H19N3O4S.